The molecule has 0 aliphatic heterocycles. The molecule has 0 spiro atoms. The zero-order chi connectivity index (χ0) is 11.8. The van der Waals surface area contributed by atoms with Gasteiger partial charge in [0.15, 0.2) is 5.16 Å². The fraction of sp³-hybridized carbons (Fsp3) is 0.636. The second-order valence-corrected chi connectivity index (χ2v) is 4.86. The normalized spacial score (nSPS) is 12.6. The topological polar surface area (TPSA) is 57.8 Å². The van der Waals surface area contributed by atoms with E-state index in [1.807, 2.05) is 7.05 Å². The average Bonchev–Trinajstić information content (AvgIpc) is 2.28. The van der Waals surface area contributed by atoms with Gasteiger partial charge in [-0.15, -0.1) is 0 Å². The Hall–Kier alpha value is -0.810. The fourth-order valence-corrected chi connectivity index (χ4v) is 2.14. The molecule has 1 aromatic rings. The van der Waals surface area contributed by atoms with Crippen LogP contribution >= 0.6 is 11.8 Å². The predicted octanol–water partition coefficient (Wildman–Crippen LogP) is 1.64. The summed E-state index contributed by atoms with van der Waals surface area (Å²) in [4.78, 5) is 17.8. The molecule has 1 heterocycles. The van der Waals surface area contributed by atoms with Gasteiger partial charge in [-0.1, -0.05) is 18.2 Å². The summed E-state index contributed by atoms with van der Waals surface area (Å²) in [7, 11) is 1.98. The molecule has 0 saturated carbocycles. The number of thioether (sulfide) groups is 1. The molecule has 0 bridgehead atoms. The number of rotatable bonds is 7. The van der Waals surface area contributed by atoms with Crippen LogP contribution in [-0.4, -0.2) is 28.8 Å². The van der Waals surface area contributed by atoms with Crippen LogP contribution in [0.15, 0.2) is 22.2 Å². The van der Waals surface area contributed by atoms with Crippen LogP contribution in [0, 0.1) is 0 Å². The fourth-order valence-electron chi connectivity index (χ4n) is 1.29. The van der Waals surface area contributed by atoms with E-state index in [4.69, 9.17) is 0 Å². The molecule has 1 atom stereocenters. The lowest BCUT2D eigenvalue weighted by Gasteiger charge is -2.08. The molecule has 90 valence electrons. The SMILES string of the molecule is CNC(C)CCCCSc1nccc(=O)[nH]1. The molecule has 0 aliphatic carbocycles. The van der Waals surface area contributed by atoms with Crippen molar-refractivity contribution in [1.29, 1.82) is 0 Å². The van der Waals surface area contributed by atoms with Gasteiger partial charge in [0.1, 0.15) is 0 Å². The monoisotopic (exact) mass is 241 g/mol. The van der Waals surface area contributed by atoms with Crippen molar-refractivity contribution in [2.75, 3.05) is 12.8 Å². The summed E-state index contributed by atoms with van der Waals surface area (Å²) < 4.78 is 0. The first-order valence-electron chi connectivity index (χ1n) is 5.58. The van der Waals surface area contributed by atoms with Crippen molar-refractivity contribution in [3.8, 4) is 0 Å². The Kier molecular flexibility index (Phi) is 6.18. The number of unbranched alkanes of at least 4 members (excludes halogenated alkanes) is 1. The van der Waals surface area contributed by atoms with E-state index >= 15 is 0 Å². The summed E-state index contributed by atoms with van der Waals surface area (Å²) in [5.74, 6) is 1.00. The molecule has 16 heavy (non-hydrogen) atoms. The van der Waals surface area contributed by atoms with Gasteiger partial charge >= 0.3 is 0 Å². The lowest BCUT2D eigenvalue weighted by atomic mass is 10.1. The molecule has 0 radical (unpaired) electrons. The van der Waals surface area contributed by atoms with Crippen LogP contribution in [0.4, 0.5) is 0 Å². The van der Waals surface area contributed by atoms with Gasteiger partial charge in [-0.05, 0) is 26.8 Å². The zero-order valence-corrected chi connectivity index (χ0v) is 10.6. The zero-order valence-electron chi connectivity index (χ0n) is 9.82. The molecule has 1 rings (SSSR count). The minimum Gasteiger partial charge on any atom is -0.317 e. The summed E-state index contributed by atoms with van der Waals surface area (Å²) in [6.07, 6.45) is 5.08. The highest BCUT2D eigenvalue weighted by Crippen LogP contribution is 2.13. The number of hydrogen-bond donors (Lipinski definition) is 2. The molecule has 0 saturated heterocycles. The number of aromatic amines is 1. The molecule has 0 aliphatic rings. The third-order valence-electron chi connectivity index (χ3n) is 2.41. The molecule has 1 aromatic heterocycles. The Bertz CT molecular complexity index is 353. The van der Waals surface area contributed by atoms with Crippen LogP contribution in [0.3, 0.4) is 0 Å². The molecule has 0 fully saturated rings. The maximum Gasteiger partial charge on any atom is 0.251 e. The first kappa shape index (κ1) is 13.3. The number of H-pyrrole nitrogens is 1. The van der Waals surface area contributed by atoms with Gasteiger partial charge in [-0.3, -0.25) is 4.79 Å². The summed E-state index contributed by atoms with van der Waals surface area (Å²) in [6, 6.07) is 2.01. The van der Waals surface area contributed by atoms with Crippen molar-refractivity contribution >= 4 is 11.8 Å². The van der Waals surface area contributed by atoms with E-state index < -0.39 is 0 Å². The lowest BCUT2D eigenvalue weighted by Crippen LogP contribution is -2.20. The van der Waals surface area contributed by atoms with E-state index in [1.165, 1.54) is 18.9 Å². The Morgan fingerprint density at radius 3 is 3.06 bits per heavy atom. The second-order valence-electron chi connectivity index (χ2n) is 3.77. The van der Waals surface area contributed by atoms with Gasteiger partial charge in [0.05, 0.1) is 0 Å². The Morgan fingerprint density at radius 2 is 2.38 bits per heavy atom. The first-order valence-corrected chi connectivity index (χ1v) is 6.56. The molecule has 4 nitrogen and oxygen atoms in total. The standard InChI is InChI=1S/C11H19N3OS/c1-9(12-2)5-3-4-8-16-11-13-7-6-10(15)14-11/h6-7,9,12H,3-5,8H2,1-2H3,(H,13,14,15). The average molecular weight is 241 g/mol. The van der Waals surface area contributed by atoms with E-state index in [0.717, 1.165) is 12.2 Å². The summed E-state index contributed by atoms with van der Waals surface area (Å²) >= 11 is 1.61. The Balaban J connectivity index is 2.14. The van der Waals surface area contributed by atoms with Crippen LogP contribution in [0.1, 0.15) is 26.2 Å². The van der Waals surface area contributed by atoms with Gasteiger partial charge in [-0.2, -0.15) is 0 Å². The second kappa shape index (κ2) is 7.46. The van der Waals surface area contributed by atoms with Crippen molar-refractivity contribution in [1.82, 2.24) is 15.3 Å². The smallest absolute Gasteiger partial charge is 0.251 e. The van der Waals surface area contributed by atoms with Crippen molar-refractivity contribution in [2.24, 2.45) is 0 Å². The summed E-state index contributed by atoms with van der Waals surface area (Å²) in [5.41, 5.74) is -0.0821. The maximum atomic E-state index is 11.0. The minimum atomic E-state index is -0.0821. The third kappa shape index (κ3) is 5.32. The highest BCUT2D eigenvalue weighted by atomic mass is 32.2. The third-order valence-corrected chi connectivity index (χ3v) is 3.38. The molecule has 1 unspecified atom stereocenters. The van der Waals surface area contributed by atoms with E-state index in [0.29, 0.717) is 11.2 Å². The highest BCUT2D eigenvalue weighted by Gasteiger charge is 1.99. The first-order chi connectivity index (χ1) is 7.72. The van der Waals surface area contributed by atoms with E-state index in [2.05, 4.69) is 22.2 Å². The van der Waals surface area contributed by atoms with E-state index in [9.17, 15) is 4.79 Å². The van der Waals surface area contributed by atoms with Crippen molar-refractivity contribution < 1.29 is 0 Å². The lowest BCUT2D eigenvalue weighted by molar-refractivity contribution is 0.538. The Labute approximate surface area is 100 Å². The summed E-state index contributed by atoms with van der Waals surface area (Å²) in [5, 5.41) is 3.93. The maximum absolute atomic E-state index is 11.0. The minimum absolute atomic E-state index is 0.0821. The van der Waals surface area contributed by atoms with Gasteiger partial charge in [0, 0.05) is 24.1 Å². The summed E-state index contributed by atoms with van der Waals surface area (Å²) in [6.45, 7) is 2.18. The molecule has 0 aromatic carbocycles. The molecular weight excluding hydrogens is 222 g/mol. The quantitative estimate of drug-likeness (QED) is 0.433. The van der Waals surface area contributed by atoms with Gasteiger partial charge in [0.2, 0.25) is 0 Å². The predicted molar refractivity (Wildman–Crippen MR) is 68.0 cm³/mol. The number of nitrogens with zero attached hydrogens (tertiary/aromatic N) is 1. The molecule has 5 heteroatoms. The number of hydrogen-bond acceptors (Lipinski definition) is 4. The van der Waals surface area contributed by atoms with Gasteiger partial charge in [0.25, 0.3) is 5.56 Å². The van der Waals surface area contributed by atoms with Crippen molar-refractivity contribution in [3.63, 3.8) is 0 Å². The largest absolute Gasteiger partial charge is 0.317 e. The van der Waals surface area contributed by atoms with Crippen LogP contribution in [0.5, 0.6) is 0 Å². The van der Waals surface area contributed by atoms with Gasteiger partial charge in [-0.25, -0.2) is 4.98 Å². The van der Waals surface area contributed by atoms with Crippen molar-refractivity contribution in [2.45, 2.75) is 37.4 Å². The van der Waals surface area contributed by atoms with Crippen LogP contribution in [-0.2, 0) is 0 Å². The van der Waals surface area contributed by atoms with Crippen LogP contribution in [0.2, 0.25) is 0 Å². The molecular formula is C11H19N3OS. The molecule has 2 N–H and O–H groups in total. The van der Waals surface area contributed by atoms with Crippen LogP contribution in [0.25, 0.3) is 0 Å². The number of aromatic nitrogens is 2. The highest BCUT2D eigenvalue weighted by molar-refractivity contribution is 7.99. The van der Waals surface area contributed by atoms with E-state index in [-0.39, 0.29) is 5.56 Å². The Morgan fingerprint density at radius 1 is 1.56 bits per heavy atom. The van der Waals surface area contributed by atoms with E-state index in [1.54, 1.807) is 18.0 Å². The van der Waals surface area contributed by atoms with Crippen molar-refractivity contribution in [3.05, 3.63) is 22.6 Å². The van der Waals surface area contributed by atoms with Crippen LogP contribution < -0.4 is 10.9 Å². The number of nitrogens with one attached hydrogen (secondary N) is 2. The van der Waals surface area contributed by atoms with Gasteiger partial charge < -0.3 is 10.3 Å². The molecule has 0 amide bonds.